The molecular formula is C17H19N7O2S. The highest BCUT2D eigenvalue weighted by Gasteiger charge is 2.19. The maximum absolute atomic E-state index is 12.7. The largest absolute Gasteiger partial charge is 0.478 e. The highest BCUT2D eigenvalue weighted by atomic mass is 32.1. The van der Waals surface area contributed by atoms with Gasteiger partial charge in [-0.1, -0.05) is 0 Å². The molecule has 0 radical (unpaired) electrons. The van der Waals surface area contributed by atoms with Crippen LogP contribution in [0.15, 0.2) is 36.9 Å². The number of carbonyl (C=O) groups excluding carboxylic acids is 1. The summed E-state index contributed by atoms with van der Waals surface area (Å²) in [4.78, 5) is 25.0. The number of hydrogen-bond acceptors (Lipinski definition) is 9. The van der Waals surface area contributed by atoms with Crippen LogP contribution in [0.4, 0.5) is 16.5 Å². The van der Waals surface area contributed by atoms with Crippen LogP contribution in [0.2, 0.25) is 0 Å². The Kier molecular flexibility index (Phi) is 6.23. The van der Waals surface area contributed by atoms with Gasteiger partial charge in [-0.15, -0.1) is 0 Å². The summed E-state index contributed by atoms with van der Waals surface area (Å²) in [5.74, 6) is 0.738. The molecule has 0 aliphatic rings. The smallest absolute Gasteiger partial charge is 0.260 e. The number of aryl methyl sites for hydroxylation is 1. The third kappa shape index (κ3) is 4.96. The van der Waals surface area contributed by atoms with Gasteiger partial charge < -0.3 is 21.1 Å². The average Bonchev–Trinajstić information content (AvgIpc) is 3.04. The van der Waals surface area contributed by atoms with Gasteiger partial charge in [-0.2, -0.15) is 4.37 Å². The molecule has 0 saturated heterocycles. The van der Waals surface area contributed by atoms with Gasteiger partial charge in [0.15, 0.2) is 0 Å². The number of amides is 1. The predicted octanol–water partition coefficient (Wildman–Crippen LogP) is 2.36. The molecule has 10 heteroatoms. The van der Waals surface area contributed by atoms with E-state index in [2.05, 4.69) is 30.0 Å². The molecule has 0 atom stereocenters. The molecule has 0 fully saturated rings. The first-order valence-corrected chi connectivity index (χ1v) is 9.04. The maximum Gasteiger partial charge on any atom is 0.260 e. The second-order valence-corrected chi connectivity index (χ2v) is 6.29. The first-order valence-electron chi connectivity index (χ1n) is 8.27. The quantitative estimate of drug-likeness (QED) is 0.504. The van der Waals surface area contributed by atoms with E-state index in [1.807, 2.05) is 0 Å². The number of hydrogen-bond donors (Lipinski definition) is 3. The van der Waals surface area contributed by atoms with Crippen LogP contribution in [0, 0.1) is 6.92 Å². The van der Waals surface area contributed by atoms with Crippen molar-refractivity contribution >= 4 is 33.9 Å². The zero-order valence-electron chi connectivity index (χ0n) is 14.7. The highest BCUT2D eigenvalue weighted by Crippen LogP contribution is 2.28. The Morgan fingerprint density at radius 1 is 1.26 bits per heavy atom. The van der Waals surface area contributed by atoms with Crippen LogP contribution in [-0.2, 0) is 0 Å². The molecule has 3 rings (SSSR count). The lowest BCUT2D eigenvalue weighted by Crippen LogP contribution is -2.14. The van der Waals surface area contributed by atoms with E-state index < -0.39 is 0 Å². The molecule has 0 bridgehead atoms. The molecule has 3 aromatic heterocycles. The normalized spacial score (nSPS) is 10.4. The number of pyridine rings is 1. The Bertz CT molecular complexity index is 884. The fourth-order valence-electron chi connectivity index (χ4n) is 2.20. The lowest BCUT2D eigenvalue weighted by atomic mass is 10.2. The van der Waals surface area contributed by atoms with Crippen LogP contribution in [0.5, 0.6) is 5.88 Å². The zero-order valence-corrected chi connectivity index (χ0v) is 15.5. The van der Waals surface area contributed by atoms with Gasteiger partial charge in [0.2, 0.25) is 5.88 Å². The first-order chi connectivity index (χ1) is 13.2. The van der Waals surface area contributed by atoms with E-state index >= 15 is 0 Å². The van der Waals surface area contributed by atoms with Gasteiger partial charge in [0.1, 0.15) is 10.8 Å². The summed E-state index contributed by atoms with van der Waals surface area (Å²) in [6, 6.07) is 3.43. The van der Waals surface area contributed by atoms with Crippen LogP contribution in [-0.4, -0.2) is 38.4 Å². The number of nitrogens with one attached hydrogen (secondary N) is 2. The van der Waals surface area contributed by atoms with Gasteiger partial charge in [0.05, 0.1) is 35.9 Å². The monoisotopic (exact) mass is 385 g/mol. The summed E-state index contributed by atoms with van der Waals surface area (Å²) in [5.41, 5.74) is 7.06. The molecule has 0 unspecified atom stereocenters. The van der Waals surface area contributed by atoms with Crippen molar-refractivity contribution in [3.05, 3.63) is 48.2 Å². The molecule has 9 nitrogen and oxygen atoms in total. The minimum Gasteiger partial charge on any atom is -0.478 e. The van der Waals surface area contributed by atoms with Crippen LogP contribution in [0.1, 0.15) is 22.5 Å². The van der Waals surface area contributed by atoms with E-state index in [1.54, 1.807) is 43.8 Å². The molecular weight excluding hydrogens is 366 g/mol. The lowest BCUT2D eigenvalue weighted by molar-refractivity contribution is 0.102. The third-order valence-electron chi connectivity index (χ3n) is 3.49. The van der Waals surface area contributed by atoms with Crippen molar-refractivity contribution in [3.8, 4) is 5.88 Å². The molecule has 27 heavy (non-hydrogen) atoms. The molecule has 3 heterocycles. The van der Waals surface area contributed by atoms with Crippen LogP contribution in [0.25, 0.3) is 0 Å². The minimum absolute atomic E-state index is 0.286. The predicted molar refractivity (Wildman–Crippen MR) is 104 cm³/mol. The zero-order chi connectivity index (χ0) is 19.1. The van der Waals surface area contributed by atoms with Crippen molar-refractivity contribution in [2.75, 3.05) is 23.8 Å². The van der Waals surface area contributed by atoms with Crippen molar-refractivity contribution in [2.45, 2.75) is 13.3 Å². The van der Waals surface area contributed by atoms with E-state index in [-0.39, 0.29) is 5.91 Å². The third-order valence-corrected chi connectivity index (χ3v) is 4.34. The number of anilines is 3. The van der Waals surface area contributed by atoms with Crippen LogP contribution < -0.4 is 21.1 Å². The standard InChI is InChI=1S/C17H19N7O2S/c1-11-15(17(27-24-11)23-13-10-19-6-7-20-13)16(25)22-12-3-4-14(21-9-12)26-8-2-5-18/h3-4,6-7,9-10H,2,5,8,18H2,1H3,(H,20,23)(H,22,25). The molecule has 140 valence electrons. The maximum atomic E-state index is 12.7. The van der Waals surface area contributed by atoms with E-state index in [1.165, 1.54) is 11.5 Å². The molecule has 0 aliphatic heterocycles. The molecule has 0 saturated carbocycles. The van der Waals surface area contributed by atoms with E-state index in [4.69, 9.17) is 10.5 Å². The molecule has 0 aromatic carbocycles. The fourth-order valence-corrected chi connectivity index (χ4v) is 3.00. The summed E-state index contributed by atoms with van der Waals surface area (Å²) >= 11 is 1.19. The van der Waals surface area contributed by atoms with Crippen molar-refractivity contribution in [3.63, 3.8) is 0 Å². The van der Waals surface area contributed by atoms with E-state index in [0.717, 1.165) is 6.42 Å². The topological polar surface area (TPSA) is 128 Å². The summed E-state index contributed by atoms with van der Waals surface area (Å²) in [6.45, 7) is 2.85. The SMILES string of the molecule is Cc1nsc(Nc2cnccn2)c1C(=O)Nc1ccc(OCCCN)nc1. The number of rotatable bonds is 8. The van der Waals surface area contributed by atoms with Gasteiger partial charge in [0.25, 0.3) is 5.91 Å². The Morgan fingerprint density at radius 2 is 2.15 bits per heavy atom. The Balaban J connectivity index is 1.68. The highest BCUT2D eigenvalue weighted by molar-refractivity contribution is 7.10. The number of aromatic nitrogens is 4. The Hall–Kier alpha value is -3.11. The van der Waals surface area contributed by atoms with Crippen molar-refractivity contribution in [1.29, 1.82) is 0 Å². The van der Waals surface area contributed by atoms with E-state index in [9.17, 15) is 4.79 Å². The van der Waals surface area contributed by atoms with Gasteiger partial charge in [-0.3, -0.25) is 9.78 Å². The van der Waals surface area contributed by atoms with Gasteiger partial charge in [0, 0.05) is 18.5 Å². The van der Waals surface area contributed by atoms with Crippen LogP contribution >= 0.6 is 11.5 Å². The summed E-state index contributed by atoms with van der Waals surface area (Å²) in [7, 11) is 0. The van der Waals surface area contributed by atoms with Crippen molar-refractivity contribution in [1.82, 2.24) is 19.3 Å². The van der Waals surface area contributed by atoms with Gasteiger partial charge >= 0.3 is 0 Å². The second-order valence-electron chi connectivity index (χ2n) is 5.52. The lowest BCUT2D eigenvalue weighted by Gasteiger charge is -2.09. The number of nitrogens with two attached hydrogens (primary N) is 1. The van der Waals surface area contributed by atoms with Crippen molar-refractivity contribution < 1.29 is 9.53 Å². The Labute approximate surface area is 160 Å². The van der Waals surface area contributed by atoms with E-state index in [0.29, 0.717) is 46.8 Å². The molecule has 4 N–H and O–H groups in total. The second kappa shape index (κ2) is 9.01. The van der Waals surface area contributed by atoms with Gasteiger partial charge in [-0.25, -0.2) is 9.97 Å². The summed E-state index contributed by atoms with van der Waals surface area (Å²) < 4.78 is 9.70. The summed E-state index contributed by atoms with van der Waals surface area (Å²) in [6.07, 6.45) is 7.02. The van der Waals surface area contributed by atoms with Crippen molar-refractivity contribution in [2.24, 2.45) is 5.73 Å². The van der Waals surface area contributed by atoms with Gasteiger partial charge in [-0.05, 0) is 37.5 Å². The minimum atomic E-state index is -0.286. The molecule has 0 spiro atoms. The fraction of sp³-hybridized carbons (Fsp3) is 0.235. The Morgan fingerprint density at radius 3 is 2.85 bits per heavy atom. The first kappa shape index (κ1) is 18.7. The summed E-state index contributed by atoms with van der Waals surface area (Å²) in [5, 5.41) is 6.49. The molecule has 0 aliphatic carbocycles. The molecule has 3 aromatic rings. The average molecular weight is 385 g/mol. The number of ether oxygens (including phenoxy) is 1. The number of carbonyl (C=O) groups is 1. The van der Waals surface area contributed by atoms with Crippen LogP contribution in [0.3, 0.4) is 0 Å². The number of nitrogens with zero attached hydrogens (tertiary/aromatic N) is 4. The molecule has 1 amide bonds.